The Morgan fingerprint density at radius 3 is 2.83 bits per heavy atom. The monoisotopic (exact) mass is 333 g/mol. The second-order valence-electron chi connectivity index (χ2n) is 6.04. The predicted molar refractivity (Wildman–Crippen MR) is 90.0 cm³/mol. The molecule has 0 aliphatic carbocycles. The number of oxazole rings is 1. The summed E-state index contributed by atoms with van der Waals surface area (Å²) in [5.41, 5.74) is 1.26. The lowest BCUT2D eigenvalue weighted by molar-refractivity contribution is -0.121. The van der Waals surface area contributed by atoms with E-state index in [1.807, 2.05) is 18.2 Å². The van der Waals surface area contributed by atoms with Crippen molar-refractivity contribution < 1.29 is 13.9 Å². The number of para-hydroxylation sites is 2. The number of nitrogens with one attached hydrogen (secondary N) is 1. The largest absolute Gasteiger partial charge is 0.419 e. The van der Waals surface area contributed by atoms with Gasteiger partial charge in [0.15, 0.2) is 5.58 Å². The van der Waals surface area contributed by atoms with Crippen LogP contribution >= 0.6 is 0 Å². The Hall–Kier alpha value is -2.12. The van der Waals surface area contributed by atoms with Crippen molar-refractivity contribution in [3.8, 4) is 0 Å². The molecule has 1 amide bonds. The van der Waals surface area contributed by atoms with E-state index in [-0.39, 0.29) is 18.4 Å². The molecule has 0 unspecified atom stereocenters. The molecule has 7 heteroatoms. The van der Waals surface area contributed by atoms with Crippen molar-refractivity contribution in [2.75, 3.05) is 32.8 Å². The second-order valence-corrected chi connectivity index (χ2v) is 6.04. The smallest absolute Gasteiger partial charge is 0.408 e. The highest BCUT2D eigenvalue weighted by Crippen LogP contribution is 2.12. The van der Waals surface area contributed by atoms with Crippen LogP contribution in [0.2, 0.25) is 0 Å². The van der Waals surface area contributed by atoms with E-state index in [0.717, 1.165) is 31.8 Å². The number of aryl methyl sites for hydroxylation is 1. The zero-order valence-electron chi connectivity index (χ0n) is 13.9. The molecule has 0 saturated carbocycles. The van der Waals surface area contributed by atoms with Crippen LogP contribution in [0.15, 0.2) is 33.5 Å². The summed E-state index contributed by atoms with van der Waals surface area (Å²) in [6.45, 7) is 6.29. The number of fused-ring (bicyclic) bond motifs is 1. The highest BCUT2D eigenvalue weighted by Gasteiger charge is 2.17. The van der Waals surface area contributed by atoms with Crippen molar-refractivity contribution in [3.63, 3.8) is 0 Å². The van der Waals surface area contributed by atoms with Gasteiger partial charge in [-0.25, -0.2) is 4.79 Å². The van der Waals surface area contributed by atoms with Crippen LogP contribution in [0, 0.1) is 0 Å². The minimum Gasteiger partial charge on any atom is -0.408 e. The van der Waals surface area contributed by atoms with E-state index < -0.39 is 5.76 Å². The Balaban J connectivity index is 1.50. The lowest BCUT2D eigenvalue weighted by atomic mass is 10.2. The molecule has 0 radical (unpaired) electrons. The molecule has 7 nitrogen and oxygen atoms in total. The quantitative estimate of drug-likeness (QED) is 0.847. The molecule has 0 spiro atoms. The Morgan fingerprint density at radius 2 is 2.04 bits per heavy atom. The molecule has 2 heterocycles. The predicted octanol–water partition coefficient (Wildman–Crippen LogP) is 0.821. The lowest BCUT2D eigenvalue weighted by Gasteiger charge is -2.32. The fourth-order valence-electron chi connectivity index (χ4n) is 2.94. The SMILES string of the molecule is C[C@H](CNC(=O)CCn1c(=O)oc2ccccc21)N1CCOCC1. The molecule has 3 rings (SSSR count). The van der Waals surface area contributed by atoms with Crippen LogP contribution in [0.25, 0.3) is 11.1 Å². The maximum Gasteiger partial charge on any atom is 0.419 e. The number of morpholine rings is 1. The molecular weight excluding hydrogens is 310 g/mol. The van der Waals surface area contributed by atoms with Crippen molar-refractivity contribution in [2.24, 2.45) is 0 Å². The molecule has 0 bridgehead atoms. The van der Waals surface area contributed by atoms with Crippen molar-refractivity contribution in [1.82, 2.24) is 14.8 Å². The number of ether oxygens (including phenoxy) is 1. The van der Waals surface area contributed by atoms with Crippen molar-refractivity contribution in [2.45, 2.75) is 25.9 Å². The van der Waals surface area contributed by atoms with Crippen LogP contribution in [0.5, 0.6) is 0 Å². The summed E-state index contributed by atoms with van der Waals surface area (Å²) in [6, 6.07) is 7.50. The van der Waals surface area contributed by atoms with E-state index in [9.17, 15) is 9.59 Å². The van der Waals surface area contributed by atoms with E-state index in [1.54, 1.807) is 6.07 Å². The number of carbonyl (C=O) groups excluding carboxylic acids is 1. The fourth-order valence-corrected chi connectivity index (χ4v) is 2.94. The first-order chi connectivity index (χ1) is 11.6. The van der Waals surface area contributed by atoms with Gasteiger partial charge < -0.3 is 14.5 Å². The number of nitrogens with zero attached hydrogens (tertiary/aromatic N) is 2. The van der Waals surface area contributed by atoms with Crippen molar-refractivity contribution >= 4 is 17.0 Å². The molecule has 1 aromatic carbocycles. The van der Waals surface area contributed by atoms with Gasteiger partial charge in [0.1, 0.15) is 0 Å². The number of hydrogen-bond donors (Lipinski definition) is 1. The number of amides is 1. The van der Waals surface area contributed by atoms with Crippen LogP contribution < -0.4 is 11.1 Å². The van der Waals surface area contributed by atoms with E-state index in [4.69, 9.17) is 9.15 Å². The van der Waals surface area contributed by atoms with Gasteiger partial charge in [0.25, 0.3) is 0 Å². The van der Waals surface area contributed by atoms with Crippen LogP contribution in [0.3, 0.4) is 0 Å². The van der Waals surface area contributed by atoms with Gasteiger partial charge in [-0.15, -0.1) is 0 Å². The Kier molecular flexibility index (Phi) is 5.32. The lowest BCUT2D eigenvalue weighted by Crippen LogP contribution is -2.47. The average Bonchev–Trinajstić information content (AvgIpc) is 2.93. The normalized spacial score (nSPS) is 17.0. The average molecular weight is 333 g/mol. The first-order valence-electron chi connectivity index (χ1n) is 8.32. The third-order valence-electron chi connectivity index (χ3n) is 4.40. The summed E-state index contributed by atoms with van der Waals surface area (Å²) in [6.07, 6.45) is 0.249. The molecule has 130 valence electrons. The number of carbonyl (C=O) groups is 1. The van der Waals surface area contributed by atoms with Crippen LogP contribution in [-0.4, -0.2) is 54.3 Å². The van der Waals surface area contributed by atoms with E-state index in [0.29, 0.717) is 18.7 Å². The molecule has 24 heavy (non-hydrogen) atoms. The van der Waals surface area contributed by atoms with Gasteiger partial charge in [0.05, 0.1) is 18.7 Å². The maximum absolute atomic E-state index is 12.1. The van der Waals surface area contributed by atoms with Gasteiger partial charge in [0.2, 0.25) is 5.91 Å². The van der Waals surface area contributed by atoms with Gasteiger partial charge in [-0.05, 0) is 19.1 Å². The molecule has 1 aromatic heterocycles. The van der Waals surface area contributed by atoms with Crippen molar-refractivity contribution in [1.29, 1.82) is 0 Å². The molecule has 1 aliphatic heterocycles. The van der Waals surface area contributed by atoms with E-state index >= 15 is 0 Å². The third kappa shape index (κ3) is 3.85. The number of hydrogen-bond acceptors (Lipinski definition) is 5. The summed E-state index contributed by atoms with van der Waals surface area (Å²) in [5, 5.41) is 2.94. The van der Waals surface area contributed by atoms with Gasteiger partial charge >= 0.3 is 5.76 Å². The second kappa shape index (κ2) is 7.63. The van der Waals surface area contributed by atoms with Gasteiger partial charge in [-0.2, -0.15) is 0 Å². The van der Waals surface area contributed by atoms with Crippen molar-refractivity contribution in [3.05, 3.63) is 34.8 Å². The number of benzene rings is 1. The standard InChI is InChI=1S/C17H23N3O4/c1-13(19-8-10-23-11-9-19)12-18-16(21)6-7-20-14-4-2-3-5-15(14)24-17(20)22/h2-5,13H,6-12H2,1H3,(H,18,21)/t13-/m1/s1. The molecule has 2 aromatic rings. The van der Waals surface area contributed by atoms with Crippen LogP contribution in [0.4, 0.5) is 0 Å². The summed E-state index contributed by atoms with van der Waals surface area (Å²) >= 11 is 0. The summed E-state index contributed by atoms with van der Waals surface area (Å²) in [4.78, 5) is 26.2. The highest BCUT2D eigenvalue weighted by molar-refractivity contribution is 5.76. The Labute approximate surface area is 140 Å². The number of rotatable bonds is 6. The fraction of sp³-hybridized carbons (Fsp3) is 0.529. The third-order valence-corrected chi connectivity index (χ3v) is 4.40. The highest BCUT2D eigenvalue weighted by atomic mass is 16.5. The zero-order chi connectivity index (χ0) is 16.9. The van der Waals surface area contributed by atoms with Gasteiger partial charge in [0, 0.05) is 38.6 Å². The molecule has 1 aliphatic rings. The Bertz CT molecular complexity index is 746. The van der Waals surface area contributed by atoms with E-state index in [1.165, 1.54) is 4.57 Å². The topological polar surface area (TPSA) is 76.7 Å². The Morgan fingerprint density at radius 1 is 1.29 bits per heavy atom. The summed E-state index contributed by atoms with van der Waals surface area (Å²) in [7, 11) is 0. The molecular formula is C17H23N3O4. The molecule has 1 fully saturated rings. The summed E-state index contributed by atoms with van der Waals surface area (Å²) < 4.78 is 12.0. The zero-order valence-corrected chi connectivity index (χ0v) is 13.9. The van der Waals surface area contributed by atoms with E-state index in [2.05, 4.69) is 17.1 Å². The molecule has 1 atom stereocenters. The summed E-state index contributed by atoms with van der Waals surface area (Å²) in [5.74, 6) is -0.488. The minimum absolute atomic E-state index is 0.0627. The first-order valence-corrected chi connectivity index (χ1v) is 8.32. The molecule has 1 saturated heterocycles. The molecule has 1 N–H and O–H groups in total. The van der Waals surface area contributed by atoms with Crippen LogP contribution in [0.1, 0.15) is 13.3 Å². The first kappa shape index (κ1) is 16.7. The van der Waals surface area contributed by atoms with Crippen LogP contribution in [-0.2, 0) is 16.1 Å². The van der Waals surface area contributed by atoms with Gasteiger partial charge in [-0.3, -0.25) is 14.3 Å². The van der Waals surface area contributed by atoms with Gasteiger partial charge in [-0.1, -0.05) is 12.1 Å². The number of aromatic nitrogens is 1. The minimum atomic E-state index is -0.425. The maximum atomic E-state index is 12.1.